The maximum atomic E-state index is 12.3. The van der Waals surface area contributed by atoms with Gasteiger partial charge in [-0.25, -0.2) is 4.98 Å². The predicted molar refractivity (Wildman–Crippen MR) is 108 cm³/mol. The second-order valence-electron chi connectivity index (χ2n) is 6.60. The summed E-state index contributed by atoms with van der Waals surface area (Å²) in [6, 6.07) is 7.13. The molecule has 2 heterocycles. The molecule has 0 saturated carbocycles. The molecule has 2 amide bonds. The lowest BCUT2D eigenvalue weighted by molar-refractivity contribution is -0.117. The summed E-state index contributed by atoms with van der Waals surface area (Å²) in [5.74, 6) is -0.327. The normalized spacial score (nSPS) is 15.1. The van der Waals surface area contributed by atoms with Gasteiger partial charge in [-0.1, -0.05) is 18.9 Å². The van der Waals surface area contributed by atoms with Crippen molar-refractivity contribution in [1.82, 2.24) is 9.88 Å². The van der Waals surface area contributed by atoms with Crippen LogP contribution in [0.15, 0.2) is 29.6 Å². The molecule has 7 nitrogen and oxygen atoms in total. The lowest BCUT2D eigenvalue weighted by atomic mass is 10.2. The molecule has 27 heavy (non-hydrogen) atoms. The lowest BCUT2D eigenvalue weighted by Crippen LogP contribution is -2.33. The Kier molecular flexibility index (Phi) is 6.92. The van der Waals surface area contributed by atoms with Gasteiger partial charge in [-0.05, 0) is 44.1 Å². The molecule has 4 N–H and O–H groups in total. The van der Waals surface area contributed by atoms with Crippen LogP contribution in [0.5, 0.6) is 0 Å². The van der Waals surface area contributed by atoms with E-state index in [1.54, 1.807) is 23.6 Å². The van der Waals surface area contributed by atoms with Gasteiger partial charge in [0.05, 0.1) is 6.54 Å². The van der Waals surface area contributed by atoms with Crippen molar-refractivity contribution >= 4 is 34.5 Å². The molecule has 0 aliphatic carbocycles. The van der Waals surface area contributed by atoms with Gasteiger partial charge >= 0.3 is 0 Å². The third-order valence-electron chi connectivity index (χ3n) is 4.43. The third kappa shape index (κ3) is 5.85. The number of hydrogen-bond donors (Lipinski definition) is 3. The molecule has 1 aliphatic heterocycles. The fourth-order valence-corrected chi connectivity index (χ4v) is 3.73. The van der Waals surface area contributed by atoms with Crippen molar-refractivity contribution in [3.63, 3.8) is 0 Å². The first-order valence-electron chi connectivity index (χ1n) is 9.22. The third-order valence-corrected chi connectivity index (χ3v) is 5.30. The van der Waals surface area contributed by atoms with Gasteiger partial charge in [-0.3, -0.25) is 14.5 Å². The summed E-state index contributed by atoms with van der Waals surface area (Å²) in [5, 5.41) is 8.12. The van der Waals surface area contributed by atoms with E-state index in [9.17, 15) is 9.59 Å². The molecule has 1 aromatic carbocycles. The van der Waals surface area contributed by atoms with Crippen LogP contribution >= 0.6 is 11.3 Å². The van der Waals surface area contributed by atoms with E-state index >= 15 is 0 Å². The molecule has 0 radical (unpaired) electrons. The van der Waals surface area contributed by atoms with E-state index in [1.807, 2.05) is 6.07 Å². The van der Waals surface area contributed by atoms with E-state index in [1.165, 1.54) is 24.2 Å². The van der Waals surface area contributed by atoms with Crippen LogP contribution in [0.3, 0.4) is 0 Å². The van der Waals surface area contributed by atoms with Gasteiger partial charge in [0.1, 0.15) is 10.7 Å². The topological polar surface area (TPSA) is 100 Å². The number of amides is 2. The van der Waals surface area contributed by atoms with Gasteiger partial charge in [-0.15, -0.1) is 11.3 Å². The number of likely N-dealkylation sites (tertiary alicyclic amines) is 1. The molecule has 1 aromatic heterocycles. The first-order valence-corrected chi connectivity index (χ1v) is 10.1. The second-order valence-corrected chi connectivity index (χ2v) is 7.55. The highest BCUT2D eigenvalue weighted by Crippen LogP contribution is 2.17. The van der Waals surface area contributed by atoms with Gasteiger partial charge in [0.2, 0.25) is 5.91 Å². The molecule has 0 spiro atoms. The van der Waals surface area contributed by atoms with Gasteiger partial charge in [0, 0.05) is 23.3 Å². The van der Waals surface area contributed by atoms with E-state index in [0.29, 0.717) is 30.2 Å². The number of aromatic nitrogens is 1. The molecule has 0 unspecified atom stereocenters. The number of thiazole rings is 1. The molecule has 1 saturated heterocycles. The monoisotopic (exact) mass is 387 g/mol. The van der Waals surface area contributed by atoms with Crippen LogP contribution in [0.4, 0.5) is 11.4 Å². The number of nitrogens with zero attached hydrogens (tertiary/aromatic N) is 2. The second kappa shape index (κ2) is 9.59. The zero-order valence-corrected chi connectivity index (χ0v) is 16.1. The number of anilines is 2. The number of nitrogens with one attached hydrogen (secondary N) is 2. The SMILES string of the molecule is NCc1nc(C(=O)Nc2cccc(NC(=O)CN3CCCCCC3)c2)cs1. The van der Waals surface area contributed by atoms with Gasteiger partial charge in [0.25, 0.3) is 5.91 Å². The molecule has 8 heteroatoms. The van der Waals surface area contributed by atoms with Crippen LogP contribution in [0.1, 0.15) is 41.2 Å². The molecule has 3 rings (SSSR count). The predicted octanol–water partition coefficient (Wildman–Crippen LogP) is 2.67. The van der Waals surface area contributed by atoms with Crippen molar-refractivity contribution in [3.05, 3.63) is 40.3 Å². The van der Waals surface area contributed by atoms with E-state index in [2.05, 4.69) is 20.5 Å². The van der Waals surface area contributed by atoms with Crippen molar-refractivity contribution in [2.45, 2.75) is 32.2 Å². The minimum atomic E-state index is -0.293. The zero-order valence-electron chi connectivity index (χ0n) is 15.2. The van der Waals surface area contributed by atoms with Crippen LogP contribution in [0.25, 0.3) is 0 Å². The average molecular weight is 388 g/mol. The quantitative estimate of drug-likeness (QED) is 0.707. The highest BCUT2D eigenvalue weighted by atomic mass is 32.1. The average Bonchev–Trinajstić information content (AvgIpc) is 3.00. The van der Waals surface area contributed by atoms with Gasteiger partial charge in [0.15, 0.2) is 0 Å². The minimum absolute atomic E-state index is 0.0348. The molecular weight excluding hydrogens is 362 g/mol. The summed E-state index contributed by atoms with van der Waals surface area (Å²) < 4.78 is 0. The Morgan fingerprint density at radius 2 is 1.81 bits per heavy atom. The molecule has 0 bridgehead atoms. The number of carbonyl (C=O) groups excluding carboxylic acids is 2. The van der Waals surface area contributed by atoms with Crippen LogP contribution < -0.4 is 16.4 Å². The summed E-state index contributed by atoms with van der Waals surface area (Å²) in [5.41, 5.74) is 7.14. The minimum Gasteiger partial charge on any atom is -0.325 e. The number of carbonyl (C=O) groups is 2. The number of rotatable bonds is 6. The Labute approximate surface area is 163 Å². The Bertz CT molecular complexity index is 784. The molecule has 1 fully saturated rings. The molecule has 2 aromatic rings. The van der Waals surface area contributed by atoms with Crippen molar-refractivity contribution < 1.29 is 9.59 Å². The van der Waals surface area contributed by atoms with E-state index in [0.717, 1.165) is 30.9 Å². The molecule has 144 valence electrons. The largest absolute Gasteiger partial charge is 0.325 e. The highest BCUT2D eigenvalue weighted by Gasteiger charge is 2.14. The molecule has 0 atom stereocenters. The first-order chi connectivity index (χ1) is 13.1. The van der Waals surface area contributed by atoms with E-state index in [4.69, 9.17) is 5.73 Å². The Hall–Kier alpha value is -2.29. The summed E-state index contributed by atoms with van der Waals surface area (Å²) in [6.45, 7) is 2.66. The Balaban J connectivity index is 1.56. The standard InChI is InChI=1S/C19H25N5O2S/c20-11-18-23-16(13-27-18)19(26)22-15-7-5-6-14(10-15)21-17(25)12-24-8-3-1-2-4-9-24/h5-7,10,13H,1-4,8-9,11-12,20H2,(H,21,25)(H,22,26). The summed E-state index contributed by atoms with van der Waals surface area (Å²) >= 11 is 1.36. The van der Waals surface area contributed by atoms with Crippen molar-refractivity contribution in [1.29, 1.82) is 0 Å². The van der Waals surface area contributed by atoms with Crippen LogP contribution in [0, 0.1) is 0 Å². The van der Waals surface area contributed by atoms with E-state index in [-0.39, 0.29) is 11.8 Å². The van der Waals surface area contributed by atoms with Gasteiger partial charge in [-0.2, -0.15) is 0 Å². The molecular formula is C19H25N5O2S. The van der Waals surface area contributed by atoms with Crippen molar-refractivity contribution in [2.75, 3.05) is 30.3 Å². The Morgan fingerprint density at radius 3 is 2.48 bits per heavy atom. The lowest BCUT2D eigenvalue weighted by Gasteiger charge is -2.19. The van der Waals surface area contributed by atoms with Crippen LogP contribution in [-0.2, 0) is 11.3 Å². The summed E-state index contributed by atoms with van der Waals surface area (Å²) in [7, 11) is 0. The van der Waals surface area contributed by atoms with Gasteiger partial charge < -0.3 is 16.4 Å². The maximum Gasteiger partial charge on any atom is 0.275 e. The first kappa shape index (κ1) is 19.5. The number of benzene rings is 1. The highest BCUT2D eigenvalue weighted by molar-refractivity contribution is 7.09. The van der Waals surface area contributed by atoms with Crippen LogP contribution in [-0.4, -0.2) is 41.3 Å². The maximum absolute atomic E-state index is 12.3. The van der Waals surface area contributed by atoms with Crippen molar-refractivity contribution in [3.8, 4) is 0 Å². The smallest absolute Gasteiger partial charge is 0.275 e. The number of hydrogen-bond acceptors (Lipinski definition) is 6. The number of nitrogens with two attached hydrogens (primary N) is 1. The van der Waals surface area contributed by atoms with Crippen LogP contribution in [0.2, 0.25) is 0 Å². The van der Waals surface area contributed by atoms with Crippen molar-refractivity contribution in [2.24, 2.45) is 5.73 Å². The fourth-order valence-electron chi connectivity index (χ4n) is 3.08. The fraction of sp³-hybridized carbons (Fsp3) is 0.421. The summed E-state index contributed by atoms with van der Waals surface area (Å²) in [6.07, 6.45) is 4.78. The molecule has 1 aliphatic rings. The summed E-state index contributed by atoms with van der Waals surface area (Å²) in [4.78, 5) is 31.0. The van der Waals surface area contributed by atoms with E-state index < -0.39 is 0 Å². The zero-order chi connectivity index (χ0) is 19.1. The Morgan fingerprint density at radius 1 is 1.11 bits per heavy atom.